The first-order valence-electron chi connectivity index (χ1n) is 8.75. The van der Waals surface area contributed by atoms with Crippen molar-refractivity contribution in [2.24, 2.45) is 0 Å². The van der Waals surface area contributed by atoms with E-state index in [1.165, 1.54) is 16.5 Å². The highest BCUT2D eigenvalue weighted by Gasteiger charge is 2.42. The van der Waals surface area contributed by atoms with Crippen molar-refractivity contribution in [3.63, 3.8) is 0 Å². The lowest BCUT2D eigenvalue weighted by molar-refractivity contribution is 0.411. The Balaban J connectivity index is 1.80. The Bertz CT molecular complexity index is 1080. The SMILES string of the molecule is Cc1ccoc1C1CCN(S(=O)(=O)c2ccc(Cl)cc2)N1c1ccc(Cl)cc1. The lowest BCUT2D eigenvalue weighted by Crippen LogP contribution is -2.42. The summed E-state index contributed by atoms with van der Waals surface area (Å²) in [5.74, 6) is 0.753. The molecule has 1 aromatic heterocycles. The number of halogens is 2. The van der Waals surface area contributed by atoms with E-state index in [1.807, 2.05) is 25.1 Å². The largest absolute Gasteiger partial charge is 0.467 e. The van der Waals surface area contributed by atoms with Crippen molar-refractivity contribution in [1.29, 1.82) is 0 Å². The van der Waals surface area contributed by atoms with E-state index in [0.717, 1.165) is 17.0 Å². The van der Waals surface area contributed by atoms with E-state index in [1.54, 1.807) is 35.5 Å². The molecule has 4 rings (SSSR count). The molecular formula is C20H18Cl2N2O3S. The minimum Gasteiger partial charge on any atom is -0.467 e. The molecule has 0 radical (unpaired) electrons. The maximum Gasteiger partial charge on any atom is 0.260 e. The molecule has 5 nitrogen and oxygen atoms in total. The van der Waals surface area contributed by atoms with E-state index < -0.39 is 10.0 Å². The van der Waals surface area contributed by atoms with Gasteiger partial charge in [-0.1, -0.05) is 23.2 Å². The first kappa shape index (κ1) is 19.3. The van der Waals surface area contributed by atoms with Crippen LogP contribution in [-0.4, -0.2) is 19.4 Å². The fourth-order valence-electron chi connectivity index (χ4n) is 3.45. The van der Waals surface area contributed by atoms with Crippen LogP contribution in [0, 0.1) is 6.92 Å². The van der Waals surface area contributed by atoms with Crippen molar-refractivity contribution in [2.45, 2.75) is 24.3 Å². The molecule has 1 saturated heterocycles. The quantitative estimate of drug-likeness (QED) is 0.545. The van der Waals surface area contributed by atoms with Crippen molar-refractivity contribution < 1.29 is 12.8 Å². The van der Waals surface area contributed by atoms with Crippen molar-refractivity contribution in [3.8, 4) is 0 Å². The van der Waals surface area contributed by atoms with Gasteiger partial charge < -0.3 is 4.42 Å². The topological polar surface area (TPSA) is 53.8 Å². The summed E-state index contributed by atoms with van der Waals surface area (Å²) < 4.78 is 33.9. The molecule has 1 fully saturated rings. The van der Waals surface area contributed by atoms with E-state index in [0.29, 0.717) is 23.0 Å². The van der Waals surface area contributed by atoms with Gasteiger partial charge in [0.2, 0.25) is 0 Å². The number of hydrogen-bond donors (Lipinski definition) is 0. The Hall–Kier alpha value is -1.99. The van der Waals surface area contributed by atoms with Gasteiger partial charge in [-0.15, -0.1) is 4.41 Å². The van der Waals surface area contributed by atoms with Crippen LogP contribution < -0.4 is 5.01 Å². The second-order valence-electron chi connectivity index (χ2n) is 6.60. The Morgan fingerprint density at radius 3 is 2.14 bits per heavy atom. The van der Waals surface area contributed by atoms with Gasteiger partial charge in [0.15, 0.2) is 0 Å². The zero-order valence-electron chi connectivity index (χ0n) is 15.0. The van der Waals surface area contributed by atoms with Crippen LogP contribution in [0.2, 0.25) is 10.0 Å². The zero-order chi connectivity index (χ0) is 19.9. The first-order valence-corrected chi connectivity index (χ1v) is 10.9. The fourth-order valence-corrected chi connectivity index (χ4v) is 5.21. The fraction of sp³-hybridized carbons (Fsp3) is 0.200. The van der Waals surface area contributed by atoms with Crippen LogP contribution in [0.1, 0.15) is 23.8 Å². The van der Waals surface area contributed by atoms with Gasteiger partial charge in [0, 0.05) is 16.6 Å². The van der Waals surface area contributed by atoms with E-state index in [-0.39, 0.29) is 10.9 Å². The number of aryl methyl sites for hydroxylation is 1. The Labute approximate surface area is 174 Å². The Kier molecular flexibility index (Phi) is 5.14. The Morgan fingerprint density at radius 1 is 0.964 bits per heavy atom. The second-order valence-corrected chi connectivity index (χ2v) is 9.31. The van der Waals surface area contributed by atoms with Crippen molar-refractivity contribution in [1.82, 2.24) is 4.41 Å². The summed E-state index contributed by atoms with van der Waals surface area (Å²) >= 11 is 12.0. The minimum atomic E-state index is -3.77. The minimum absolute atomic E-state index is 0.188. The van der Waals surface area contributed by atoms with Gasteiger partial charge in [0.25, 0.3) is 10.0 Å². The van der Waals surface area contributed by atoms with Crippen molar-refractivity contribution >= 4 is 38.9 Å². The van der Waals surface area contributed by atoms with Gasteiger partial charge in [-0.05, 0) is 73.5 Å². The molecule has 0 aliphatic carbocycles. The normalized spacial score (nSPS) is 18.0. The molecule has 28 heavy (non-hydrogen) atoms. The van der Waals surface area contributed by atoms with Crippen LogP contribution in [0.25, 0.3) is 0 Å². The highest BCUT2D eigenvalue weighted by atomic mass is 35.5. The molecule has 0 amide bonds. The highest BCUT2D eigenvalue weighted by Crippen LogP contribution is 2.41. The summed E-state index contributed by atoms with van der Waals surface area (Å²) in [5.41, 5.74) is 1.70. The monoisotopic (exact) mass is 436 g/mol. The predicted molar refractivity (Wildman–Crippen MR) is 110 cm³/mol. The number of furan rings is 1. The highest BCUT2D eigenvalue weighted by molar-refractivity contribution is 7.89. The van der Waals surface area contributed by atoms with Gasteiger partial charge in [-0.2, -0.15) is 0 Å². The molecule has 1 unspecified atom stereocenters. The van der Waals surface area contributed by atoms with E-state index in [2.05, 4.69) is 0 Å². The number of hydrogen-bond acceptors (Lipinski definition) is 4. The first-order chi connectivity index (χ1) is 13.4. The summed E-state index contributed by atoms with van der Waals surface area (Å²) in [6.07, 6.45) is 2.23. The molecule has 1 aliphatic rings. The van der Waals surface area contributed by atoms with Gasteiger partial charge >= 0.3 is 0 Å². The standard InChI is InChI=1S/C20H18Cl2N2O3S/c1-14-11-13-27-20(14)19-10-12-23(24(19)17-6-2-15(21)3-7-17)28(25,26)18-8-4-16(22)5-9-18/h2-9,11,13,19H,10,12H2,1H3. The van der Waals surface area contributed by atoms with E-state index >= 15 is 0 Å². The molecule has 146 valence electrons. The smallest absolute Gasteiger partial charge is 0.260 e. The Morgan fingerprint density at radius 2 is 1.57 bits per heavy atom. The zero-order valence-corrected chi connectivity index (χ0v) is 17.4. The van der Waals surface area contributed by atoms with Crippen LogP contribution in [0.4, 0.5) is 5.69 Å². The average molecular weight is 437 g/mol. The maximum atomic E-state index is 13.4. The lowest BCUT2D eigenvalue weighted by atomic mass is 10.1. The van der Waals surface area contributed by atoms with Crippen LogP contribution in [0.15, 0.2) is 70.2 Å². The van der Waals surface area contributed by atoms with Crippen molar-refractivity contribution in [2.75, 3.05) is 11.6 Å². The van der Waals surface area contributed by atoms with Gasteiger partial charge in [-0.3, -0.25) is 5.01 Å². The van der Waals surface area contributed by atoms with E-state index in [4.69, 9.17) is 27.6 Å². The molecule has 1 aliphatic heterocycles. The molecule has 2 aromatic carbocycles. The number of anilines is 1. The predicted octanol–water partition coefficient (Wildman–Crippen LogP) is 5.45. The summed E-state index contributed by atoms with van der Waals surface area (Å²) in [5, 5.41) is 2.84. The molecule has 0 spiro atoms. The summed E-state index contributed by atoms with van der Waals surface area (Å²) in [6.45, 7) is 2.29. The third kappa shape index (κ3) is 3.42. The molecule has 0 saturated carbocycles. The number of sulfonamides is 1. The third-order valence-corrected chi connectivity index (χ3v) is 7.10. The summed E-state index contributed by atoms with van der Waals surface area (Å²) in [6, 6.07) is 14.9. The molecule has 3 aromatic rings. The molecule has 2 heterocycles. The van der Waals surface area contributed by atoms with Crippen LogP contribution in [0.3, 0.4) is 0 Å². The van der Waals surface area contributed by atoms with E-state index in [9.17, 15) is 8.42 Å². The number of nitrogens with zero attached hydrogens (tertiary/aromatic N) is 2. The third-order valence-electron chi connectivity index (χ3n) is 4.81. The molecule has 1 atom stereocenters. The molecule has 0 N–H and O–H groups in total. The van der Waals surface area contributed by atoms with Crippen LogP contribution >= 0.6 is 23.2 Å². The second kappa shape index (κ2) is 7.44. The molecular weight excluding hydrogens is 419 g/mol. The number of benzene rings is 2. The number of hydrazine groups is 1. The van der Waals surface area contributed by atoms with Crippen LogP contribution in [-0.2, 0) is 10.0 Å². The molecule has 8 heteroatoms. The average Bonchev–Trinajstić information content (AvgIpc) is 3.29. The van der Waals surface area contributed by atoms with Gasteiger partial charge in [0.05, 0.1) is 16.8 Å². The van der Waals surface area contributed by atoms with Gasteiger partial charge in [-0.25, -0.2) is 8.42 Å². The van der Waals surface area contributed by atoms with Crippen LogP contribution in [0.5, 0.6) is 0 Å². The lowest BCUT2D eigenvalue weighted by Gasteiger charge is -2.33. The molecule has 0 bridgehead atoms. The summed E-state index contributed by atoms with van der Waals surface area (Å²) in [7, 11) is -3.77. The summed E-state index contributed by atoms with van der Waals surface area (Å²) in [4.78, 5) is 0.188. The number of rotatable bonds is 4. The maximum absolute atomic E-state index is 13.4. The van der Waals surface area contributed by atoms with Gasteiger partial charge in [0.1, 0.15) is 11.8 Å². The van der Waals surface area contributed by atoms with Crippen molar-refractivity contribution in [3.05, 3.63) is 82.2 Å².